The topological polar surface area (TPSA) is 70.8 Å². The van der Waals surface area contributed by atoms with Crippen molar-refractivity contribution in [3.05, 3.63) is 59.4 Å². The minimum absolute atomic E-state index is 0.0284. The predicted molar refractivity (Wildman–Crippen MR) is 113 cm³/mol. The maximum Gasteiger partial charge on any atom is 0.494 e. The fourth-order valence-corrected chi connectivity index (χ4v) is 2.80. The molecular formula is C22H29BFNO4. The molecule has 0 unspecified atom stereocenters. The Balaban J connectivity index is 0.00000145. The summed E-state index contributed by atoms with van der Waals surface area (Å²) in [6.45, 7) is 8.54. The molecule has 1 fully saturated rings. The van der Waals surface area contributed by atoms with Crippen molar-refractivity contribution in [2.45, 2.75) is 45.3 Å². The Morgan fingerprint density at radius 3 is 2.14 bits per heavy atom. The molecule has 2 aromatic carbocycles. The van der Waals surface area contributed by atoms with E-state index in [-0.39, 0.29) is 23.9 Å². The van der Waals surface area contributed by atoms with Gasteiger partial charge < -0.3 is 19.8 Å². The molecule has 1 aliphatic rings. The first kappa shape index (κ1) is 23.1. The molecule has 3 rings (SSSR count). The molecule has 1 aliphatic heterocycles. The highest BCUT2D eigenvalue weighted by atomic mass is 19.1. The van der Waals surface area contributed by atoms with Crippen molar-refractivity contribution in [1.29, 1.82) is 0 Å². The first-order valence-corrected chi connectivity index (χ1v) is 9.61. The normalized spacial score (nSPS) is 16.7. The van der Waals surface area contributed by atoms with Crippen LogP contribution in [0.4, 0.5) is 4.39 Å². The van der Waals surface area contributed by atoms with E-state index in [0.717, 1.165) is 11.0 Å². The lowest BCUT2D eigenvalue weighted by molar-refractivity contribution is 0.00578. The van der Waals surface area contributed by atoms with Crippen LogP contribution in [0.3, 0.4) is 0 Å². The number of carbonyl (C=O) groups is 1. The molecular weight excluding hydrogens is 372 g/mol. The zero-order chi connectivity index (χ0) is 21.7. The molecule has 0 spiro atoms. The Labute approximate surface area is 172 Å². The van der Waals surface area contributed by atoms with Gasteiger partial charge in [-0.05, 0) is 57.9 Å². The Bertz CT molecular complexity index is 808. The lowest BCUT2D eigenvalue weighted by atomic mass is 9.79. The molecule has 5 nitrogen and oxygen atoms in total. The van der Waals surface area contributed by atoms with Gasteiger partial charge in [0.15, 0.2) is 6.29 Å². The molecule has 1 saturated heterocycles. The van der Waals surface area contributed by atoms with Crippen LogP contribution < -0.4 is 15.9 Å². The summed E-state index contributed by atoms with van der Waals surface area (Å²) in [5, 5.41) is 0. The Hall–Kier alpha value is -2.22. The van der Waals surface area contributed by atoms with Gasteiger partial charge in [0.2, 0.25) is 0 Å². The van der Waals surface area contributed by atoms with Crippen LogP contribution in [0.15, 0.2) is 42.5 Å². The number of nitrogens with two attached hydrogens (primary N) is 1. The summed E-state index contributed by atoms with van der Waals surface area (Å²) in [5.74, 6) is -0.166. The highest BCUT2D eigenvalue weighted by Gasteiger charge is 2.51. The molecule has 0 saturated carbocycles. The number of benzene rings is 2. The second-order valence-electron chi connectivity index (χ2n) is 7.73. The molecule has 0 atom stereocenters. The summed E-state index contributed by atoms with van der Waals surface area (Å²) in [4.78, 5) is 10.6. The van der Waals surface area contributed by atoms with Crippen LogP contribution in [-0.4, -0.2) is 38.3 Å². The van der Waals surface area contributed by atoms with Crippen LogP contribution in [0.2, 0.25) is 0 Å². The van der Waals surface area contributed by atoms with E-state index in [2.05, 4.69) is 5.73 Å². The highest BCUT2D eigenvalue weighted by molar-refractivity contribution is 6.62. The fraction of sp³-hybridized carbons (Fsp3) is 0.409. The average Bonchev–Trinajstić information content (AvgIpc) is 2.91. The van der Waals surface area contributed by atoms with E-state index in [0.29, 0.717) is 25.1 Å². The molecule has 2 N–H and O–H groups in total. The Morgan fingerprint density at radius 1 is 1.03 bits per heavy atom. The van der Waals surface area contributed by atoms with Crippen molar-refractivity contribution >= 4 is 18.9 Å². The molecule has 29 heavy (non-hydrogen) atoms. The van der Waals surface area contributed by atoms with Crippen molar-refractivity contribution in [2.24, 2.45) is 5.73 Å². The largest absolute Gasteiger partial charge is 0.494 e. The first-order valence-electron chi connectivity index (χ1n) is 9.61. The number of rotatable bonds is 6. The van der Waals surface area contributed by atoms with E-state index in [4.69, 9.17) is 14.0 Å². The van der Waals surface area contributed by atoms with Gasteiger partial charge in [-0.3, -0.25) is 4.79 Å². The van der Waals surface area contributed by atoms with Crippen LogP contribution in [0.25, 0.3) is 0 Å². The van der Waals surface area contributed by atoms with Crippen LogP contribution in [0, 0.1) is 5.82 Å². The minimum Gasteiger partial charge on any atom is -0.493 e. The molecule has 0 amide bonds. The summed E-state index contributed by atoms with van der Waals surface area (Å²) >= 11 is 0. The maximum absolute atomic E-state index is 13.6. The van der Waals surface area contributed by atoms with E-state index in [1.54, 1.807) is 6.07 Å². The molecule has 7 heteroatoms. The van der Waals surface area contributed by atoms with Gasteiger partial charge in [0.05, 0.1) is 23.4 Å². The molecule has 156 valence electrons. The van der Waals surface area contributed by atoms with Gasteiger partial charge in [-0.15, -0.1) is 0 Å². The van der Waals surface area contributed by atoms with Gasteiger partial charge in [-0.1, -0.05) is 24.3 Å². The van der Waals surface area contributed by atoms with Crippen LogP contribution in [0.1, 0.15) is 43.6 Å². The zero-order valence-electron chi connectivity index (χ0n) is 17.7. The number of hydrogen-bond donors (Lipinski definition) is 1. The van der Waals surface area contributed by atoms with Crippen molar-refractivity contribution in [3.8, 4) is 5.75 Å². The van der Waals surface area contributed by atoms with E-state index in [1.165, 1.54) is 19.2 Å². The molecule has 0 aromatic heterocycles. The molecule has 0 bridgehead atoms. The summed E-state index contributed by atoms with van der Waals surface area (Å²) in [6, 6.07) is 12.3. The van der Waals surface area contributed by atoms with E-state index in [1.807, 2.05) is 52.0 Å². The maximum atomic E-state index is 13.6. The number of carbonyl (C=O) groups excluding carboxylic acids is 1. The Kier molecular flexibility index (Phi) is 7.57. The molecule has 2 aromatic rings. The van der Waals surface area contributed by atoms with Gasteiger partial charge in [-0.2, -0.15) is 0 Å². The number of aldehydes is 1. The van der Waals surface area contributed by atoms with Crippen LogP contribution >= 0.6 is 0 Å². The summed E-state index contributed by atoms with van der Waals surface area (Å²) in [7, 11) is 1.12. The molecule has 0 radical (unpaired) electrons. The van der Waals surface area contributed by atoms with Gasteiger partial charge >= 0.3 is 7.12 Å². The lowest BCUT2D eigenvalue weighted by Gasteiger charge is -2.32. The third-order valence-electron chi connectivity index (χ3n) is 5.26. The SMILES string of the molecule is CC1(C)OB(c2ccc(CCOc3ccc(C=O)c(F)c3)cc2)OC1(C)C.CN. The standard InChI is InChI=1S/C21H24BFO4.CH5N/c1-20(2)21(3,4)27-22(26-20)17-8-5-15(6-9-17)11-12-25-18-10-7-16(14-24)19(23)13-18;1-2/h5-10,13-14H,11-12H2,1-4H3;2H2,1H3. The number of hydrogen-bond acceptors (Lipinski definition) is 5. The first-order chi connectivity index (χ1) is 13.7. The van der Waals surface area contributed by atoms with Crippen molar-refractivity contribution in [2.75, 3.05) is 13.7 Å². The van der Waals surface area contributed by atoms with Crippen molar-refractivity contribution in [1.82, 2.24) is 0 Å². The summed E-state index contributed by atoms with van der Waals surface area (Å²) < 4.78 is 31.2. The third kappa shape index (κ3) is 5.44. The predicted octanol–water partition coefficient (Wildman–Crippen LogP) is 3.13. The van der Waals surface area contributed by atoms with Crippen molar-refractivity contribution < 1.29 is 23.2 Å². The van der Waals surface area contributed by atoms with Gasteiger partial charge in [-0.25, -0.2) is 4.39 Å². The zero-order valence-corrected chi connectivity index (χ0v) is 17.7. The van der Waals surface area contributed by atoms with E-state index in [9.17, 15) is 9.18 Å². The fourth-order valence-electron chi connectivity index (χ4n) is 2.80. The van der Waals surface area contributed by atoms with Crippen molar-refractivity contribution in [3.63, 3.8) is 0 Å². The minimum atomic E-state index is -0.575. The monoisotopic (exact) mass is 401 g/mol. The lowest BCUT2D eigenvalue weighted by Crippen LogP contribution is -2.41. The second kappa shape index (κ2) is 9.52. The van der Waals surface area contributed by atoms with Gasteiger partial charge in [0, 0.05) is 12.5 Å². The van der Waals surface area contributed by atoms with Crippen LogP contribution in [-0.2, 0) is 15.7 Å². The summed E-state index contributed by atoms with van der Waals surface area (Å²) in [6.07, 6.45) is 1.17. The quantitative estimate of drug-likeness (QED) is 0.595. The van der Waals surface area contributed by atoms with Gasteiger partial charge in [0.1, 0.15) is 11.6 Å². The average molecular weight is 401 g/mol. The van der Waals surface area contributed by atoms with E-state index < -0.39 is 5.82 Å². The smallest absolute Gasteiger partial charge is 0.493 e. The van der Waals surface area contributed by atoms with Crippen LogP contribution in [0.5, 0.6) is 5.75 Å². The Morgan fingerprint density at radius 2 is 1.62 bits per heavy atom. The number of halogens is 1. The molecule has 1 heterocycles. The van der Waals surface area contributed by atoms with Gasteiger partial charge in [0.25, 0.3) is 0 Å². The van der Waals surface area contributed by atoms with E-state index >= 15 is 0 Å². The second-order valence-corrected chi connectivity index (χ2v) is 7.73. The highest BCUT2D eigenvalue weighted by Crippen LogP contribution is 2.36. The summed E-state index contributed by atoms with van der Waals surface area (Å²) in [5.41, 5.74) is 5.88. The molecule has 0 aliphatic carbocycles. The number of ether oxygens (including phenoxy) is 1. The third-order valence-corrected chi connectivity index (χ3v) is 5.26.